The van der Waals surface area contributed by atoms with Crippen LogP contribution in [0.4, 0.5) is 8.78 Å². The Morgan fingerprint density at radius 2 is 2.20 bits per heavy atom. The molecule has 4 rings (SSSR count). The predicted octanol–water partition coefficient (Wildman–Crippen LogP) is 2.18. The minimum atomic E-state index is -0.830. The fraction of sp³-hybridized carbons (Fsp3) is 0.312. The van der Waals surface area contributed by atoms with E-state index < -0.39 is 11.6 Å². The zero-order valence-electron chi connectivity index (χ0n) is 13.2. The minimum Gasteiger partial charge on any atom is -0.421 e. The number of hydrogen-bond acceptors (Lipinski definition) is 6. The van der Waals surface area contributed by atoms with E-state index in [1.807, 2.05) is 0 Å². The summed E-state index contributed by atoms with van der Waals surface area (Å²) in [5.74, 6) is -1.68. The molecule has 2 aromatic heterocycles. The molecule has 7 nitrogen and oxygen atoms in total. The van der Waals surface area contributed by atoms with Gasteiger partial charge in [0.15, 0.2) is 17.2 Å². The lowest BCUT2D eigenvalue weighted by Gasteiger charge is -2.17. The topological polar surface area (TPSA) is 102 Å². The molecule has 0 aliphatic carbocycles. The number of fused-ring (bicyclic) bond motifs is 1. The van der Waals surface area contributed by atoms with Gasteiger partial charge in [-0.25, -0.2) is 13.8 Å². The molecule has 0 saturated carbocycles. The normalized spacial score (nSPS) is 18.6. The van der Waals surface area contributed by atoms with Gasteiger partial charge >= 0.3 is 6.01 Å². The second kappa shape index (κ2) is 6.34. The highest BCUT2D eigenvalue weighted by molar-refractivity contribution is 5.77. The maximum absolute atomic E-state index is 13.7. The molecule has 0 spiro atoms. The molecule has 2 unspecified atom stereocenters. The van der Waals surface area contributed by atoms with Crippen molar-refractivity contribution in [2.75, 3.05) is 6.54 Å². The summed E-state index contributed by atoms with van der Waals surface area (Å²) in [6, 6.07) is 2.82. The Kier molecular flexibility index (Phi) is 4.02. The first-order valence-electron chi connectivity index (χ1n) is 7.94. The van der Waals surface area contributed by atoms with Gasteiger partial charge in [0.25, 0.3) is 0 Å². The number of H-pyrrole nitrogens is 1. The third-order valence-corrected chi connectivity index (χ3v) is 4.27. The zero-order chi connectivity index (χ0) is 17.4. The number of aromatic nitrogens is 4. The lowest BCUT2D eigenvalue weighted by Crippen LogP contribution is -2.34. The fourth-order valence-electron chi connectivity index (χ4n) is 2.98. The summed E-state index contributed by atoms with van der Waals surface area (Å²) in [5, 5.41) is 11.1. The average molecular weight is 346 g/mol. The van der Waals surface area contributed by atoms with Crippen molar-refractivity contribution in [3.63, 3.8) is 0 Å². The molecule has 9 heteroatoms. The molecule has 4 N–H and O–H groups in total. The highest BCUT2D eigenvalue weighted by Gasteiger charge is 2.26. The Balaban J connectivity index is 1.61. The highest BCUT2D eigenvalue weighted by atomic mass is 19.1. The number of aromatic amines is 1. The lowest BCUT2D eigenvalue weighted by molar-refractivity contribution is 0.409. The Morgan fingerprint density at radius 1 is 1.32 bits per heavy atom. The van der Waals surface area contributed by atoms with Crippen LogP contribution in [0.1, 0.15) is 24.6 Å². The molecule has 1 aliphatic heterocycles. The van der Waals surface area contributed by atoms with Crippen LogP contribution in [0.2, 0.25) is 0 Å². The third kappa shape index (κ3) is 3.03. The summed E-state index contributed by atoms with van der Waals surface area (Å²) in [6.07, 6.45) is 3.60. The molecule has 0 bridgehead atoms. The first kappa shape index (κ1) is 15.9. The van der Waals surface area contributed by atoms with Gasteiger partial charge in [-0.15, -0.1) is 0 Å². The Bertz CT molecular complexity index is 909. The van der Waals surface area contributed by atoms with Gasteiger partial charge in [-0.2, -0.15) is 10.1 Å². The molecule has 3 heterocycles. The largest absolute Gasteiger partial charge is 0.421 e. The van der Waals surface area contributed by atoms with Crippen LogP contribution in [0, 0.1) is 11.6 Å². The number of halogens is 2. The van der Waals surface area contributed by atoms with E-state index in [0.29, 0.717) is 16.7 Å². The van der Waals surface area contributed by atoms with Crippen molar-refractivity contribution < 1.29 is 13.5 Å². The van der Waals surface area contributed by atoms with Crippen molar-refractivity contribution in [1.29, 1.82) is 0 Å². The van der Waals surface area contributed by atoms with E-state index in [4.69, 9.17) is 10.5 Å². The standard InChI is InChI=1S/C16H16F2N6O/c17-8-3-4-12(10(18)6-8)25-16-21-7-9-14(23-24-15(9)22-16)13(19)11-2-1-5-20-11/h3-4,6-7,11,13,20H,1-2,5,19H2,(H,21,22,23,24). The third-order valence-electron chi connectivity index (χ3n) is 4.27. The molecule has 130 valence electrons. The SMILES string of the molecule is NC(c1n[nH]c2nc(Oc3ccc(F)cc3F)ncc12)C1CCCN1. The van der Waals surface area contributed by atoms with E-state index in [9.17, 15) is 8.78 Å². The van der Waals surface area contributed by atoms with Gasteiger partial charge in [0.05, 0.1) is 17.1 Å². The number of rotatable bonds is 4. The molecular formula is C16H16F2N6O. The first-order valence-corrected chi connectivity index (χ1v) is 7.94. The van der Waals surface area contributed by atoms with Gasteiger partial charge in [-0.1, -0.05) is 0 Å². The molecule has 1 aromatic carbocycles. The van der Waals surface area contributed by atoms with Crippen LogP contribution < -0.4 is 15.8 Å². The molecule has 0 amide bonds. The molecule has 2 atom stereocenters. The summed E-state index contributed by atoms with van der Waals surface area (Å²) < 4.78 is 31.9. The summed E-state index contributed by atoms with van der Waals surface area (Å²) in [7, 11) is 0. The number of nitrogens with two attached hydrogens (primary N) is 1. The van der Waals surface area contributed by atoms with Gasteiger partial charge in [0.2, 0.25) is 0 Å². The maximum atomic E-state index is 13.7. The van der Waals surface area contributed by atoms with Crippen molar-refractivity contribution >= 4 is 11.0 Å². The van der Waals surface area contributed by atoms with Crippen LogP contribution in [0.5, 0.6) is 11.8 Å². The summed E-state index contributed by atoms with van der Waals surface area (Å²) in [6.45, 7) is 0.943. The number of hydrogen-bond donors (Lipinski definition) is 3. The predicted molar refractivity (Wildman–Crippen MR) is 86.1 cm³/mol. The van der Waals surface area contributed by atoms with Gasteiger partial charge in [0, 0.05) is 18.3 Å². The van der Waals surface area contributed by atoms with Crippen molar-refractivity contribution in [3.05, 3.63) is 41.7 Å². The highest BCUT2D eigenvalue weighted by Crippen LogP contribution is 2.27. The summed E-state index contributed by atoms with van der Waals surface area (Å²) in [4.78, 5) is 8.25. The molecule has 25 heavy (non-hydrogen) atoms. The second-order valence-corrected chi connectivity index (χ2v) is 5.93. The van der Waals surface area contributed by atoms with Crippen molar-refractivity contribution in [1.82, 2.24) is 25.5 Å². The molecule has 1 aliphatic rings. The lowest BCUT2D eigenvalue weighted by atomic mass is 10.0. The van der Waals surface area contributed by atoms with E-state index in [2.05, 4.69) is 25.5 Å². The van der Waals surface area contributed by atoms with E-state index in [0.717, 1.165) is 31.5 Å². The smallest absolute Gasteiger partial charge is 0.324 e. The van der Waals surface area contributed by atoms with Crippen LogP contribution in [0.15, 0.2) is 24.4 Å². The van der Waals surface area contributed by atoms with Gasteiger partial charge in [-0.05, 0) is 31.5 Å². The van der Waals surface area contributed by atoms with E-state index in [-0.39, 0.29) is 23.8 Å². The van der Waals surface area contributed by atoms with E-state index >= 15 is 0 Å². The van der Waals surface area contributed by atoms with E-state index in [1.165, 1.54) is 12.3 Å². The van der Waals surface area contributed by atoms with Crippen molar-refractivity contribution in [2.24, 2.45) is 5.73 Å². The molecule has 3 aromatic rings. The number of ether oxygens (including phenoxy) is 1. The minimum absolute atomic E-state index is 0.0687. The zero-order valence-corrected chi connectivity index (χ0v) is 13.2. The van der Waals surface area contributed by atoms with Crippen LogP contribution in [-0.2, 0) is 0 Å². The second-order valence-electron chi connectivity index (χ2n) is 5.93. The van der Waals surface area contributed by atoms with Gasteiger partial charge in [0.1, 0.15) is 5.82 Å². The van der Waals surface area contributed by atoms with E-state index in [1.54, 1.807) is 0 Å². The van der Waals surface area contributed by atoms with Crippen LogP contribution in [-0.4, -0.2) is 32.8 Å². The molecule has 0 radical (unpaired) electrons. The Labute approximate surface area is 141 Å². The van der Waals surface area contributed by atoms with Gasteiger partial charge < -0.3 is 15.8 Å². The van der Waals surface area contributed by atoms with Crippen molar-refractivity contribution in [2.45, 2.75) is 24.9 Å². The Hall–Kier alpha value is -2.65. The molecule has 1 fully saturated rings. The van der Waals surface area contributed by atoms with Crippen LogP contribution in [0.3, 0.4) is 0 Å². The summed E-state index contributed by atoms with van der Waals surface area (Å²) in [5.41, 5.74) is 7.41. The van der Waals surface area contributed by atoms with Crippen LogP contribution >= 0.6 is 0 Å². The fourth-order valence-corrected chi connectivity index (χ4v) is 2.98. The maximum Gasteiger partial charge on any atom is 0.324 e. The quantitative estimate of drug-likeness (QED) is 0.669. The number of nitrogens with zero attached hydrogens (tertiary/aromatic N) is 3. The first-order chi connectivity index (χ1) is 12.1. The monoisotopic (exact) mass is 346 g/mol. The molecular weight excluding hydrogens is 330 g/mol. The van der Waals surface area contributed by atoms with Crippen molar-refractivity contribution in [3.8, 4) is 11.8 Å². The summed E-state index contributed by atoms with van der Waals surface area (Å²) >= 11 is 0. The average Bonchev–Trinajstić information content (AvgIpc) is 3.26. The number of benzene rings is 1. The van der Waals surface area contributed by atoms with Crippen LogP contribution in [0.25, 0.3) is 11.0 Å². The molecule has 1 saturated heterocycles. The number of nitrogens with one attached hydrogen (secondary N) is 2. The van der Waals surface area contributed by atoms with Gasteiger partial charge in [-0.3, -0.25) is 5.10 Å². The Morgan fingerprint density at radius 3 is 2.96 bits per heavy atom.